The molecule has 3 fully saturated rings. The number of aryl methyl sites for hydroxylation is 1. The van der Waals surface area contributed by atoms with Gasteiger partial charge in [-0.1, -0.05) is 36.4 Å². The third kappa shape index (κ3) is 4.23. The third-order valence-electron chi connectivity index (χ3n) is 6.91. The Labute approximate surface area is 187 Å². The van der Waals surface area contributed by atoms with E-state index in [2.05, 4.69) is 17.3 Å². The molecule has 168 valence electrons. The number of aliphatic carboxylic acids is 1. The largest absolute Gasteiger partial charge is 0.481 e. The van der Waals surface area contributed by atoms with E-state index in [4.69, 9.17) is 14.6 Å². The number of likely N-dealkylation sites (N-methyl/N-ethyl adjacent to an activating group) is 1. The van der Waals surface area contributed by atoms with Gasteiger partial charge in [0.05, 0.1) is 5.69 Å². The number of piperidine rings is 1. The van der Waals surface area contributed by atoms with E-state index in [1.807, 2.05) is 48.5 Å². The molecule has 7 nitrogen and oxygen atoms in total. The smallest absolute Gasteiger partial charge is 0.411 e. The van der Waals surface area contributed by atoms with Gasteiger partial charge in [-0.3, -0.25) is 15.0 Å². The Hall–Kier alpha value is -2.90. The molecule has 3 aliphatic heterocycles. The summed E-state index contributed by atoms with van der Waals surface area (Å²) in [6.07, 6.45) is 3.05. The van der Waals surface area contributed by atoms with Crippen molar-refractivity contribution < 1.29 is 24.2 Å². The molecule has 1 amide bonds. The van der Waals surface area contributed by atoms with Gasteiger partial charge in [-0.2, -0.15) is 0 Å². The van der Waals surface area contributed by atoms with E-state index < -0.39 is 12.1 Å². The Kier molecular flexibility index (Phi) is 5.61. The zero-order chi connectivity index (χ0) is 22.2. The minimum absolute atomic E-state index is 0.104. The molecule has 7 heteroatoms. The first-order valence-corrected chi connectivity index (χ1v) is 11.2. The summed E-state index contributed by atoms with van der Waals surface area (Å²) in [5, 5.41) is 11.8. The lowest BCUT2D eigenvalue weighted by Crippen LogP contribution is -2.48. The van der Waals surface area contributed by atoms with Gasteiger partial charge in [0.1, 0.15) is 18.3 Å². The van der Waals surface area contributed by atoms with Crippen LogP contribution < -0.4 is 5.32 Å². The number of carbonyl (C=O) groups excluding carboxylic acids is 1. The Balaban J connectivity index is 1.28. The van der Waals surface area contributed by atoms with E-state index in [0.717, 1.165) is 29.5 Å². The Morgan fingerprint density at radius 1 is 1.12 bits per heavy atom. The van der Waals surface area contributed by atoms with Crippen LogP contribution in [0, 0.1) is 0 Å². The molecule has 2 aromatic carbocycles. The molecule has 2 bridgehead atoms. The van der Waals surface area contributed by atoms with Crippen molar-refractivity contribution in [1.82, 2.24) is 4.90 Å². The van der Waals surface area contributed by atoms with Crippen molar-refractivity contribution in [2.75, 3.05) is 12.4 Å². The number of morpholine rings is 1. The lowest BCUT2D eigenvalue weighted by atomic mass is 9.98. The maximum absolute atomic E-state index is 12.8. The van der Waals surface area contributed by atoms with E-state index >= 15 is 0 Å². The summed E-state index contributed by atoms with van der Waals surface area (Å²) in [7, 11) is 2.13. The average molecular weight is 437 g/mol. The molecule has 0 aromatic heterocycles. The van der Waals surface area contributed by atoms with Gasteiger partial charge in [0, 0.05) is 36.9 Å². The van der Waals surface area contributed by atoms with E-state index in [9.17, 15) is 9.59 Å². The lowest BCUT2D eigenvalue weighted by Gasteiger charge is -2.37. The van der Waals surface area contributed by atoms with Gasteiger partial charge in [-0.25, -0.2) is 4.79 Å². The minimum Gasteiger partial charge on any atom is -0.481 e. The van der Waals surface area contributed by atoms with E-state index in [1.165, 1.54) is 0 Å². The summed E-state index contributed by atoms with van der Waals surface area (Å²) in [4.78, 5) is 26.0. The molecule has 2 aromatic rings. The number of hydrogen-bond acceptors (Lipinski definition) is 5. The van der Waals surface area contributed by atoms with Crippen LogP contribution in [0.25, 0.3) is 11.1 Å². The van der Waals surface area contributed by atoms with Crippen LogP contribution in [0.15, 0.2) is 48.5 Å². The number of nitrogens with zero attached hydrogens (tertiary/aromatic N) is 1. The fraction of sp³-hybridized carbons (Fsp3) is 0.440. The summed E-state index contributed by atoms with van der Waals surface area (Å²) in [6, 6.07) is 16.3. The first-order chi connectivity index (χ1) is 15.5. The maximum Gasteiger partial charge on any atom is 0.411 e. The number of carboxylic acid groups (broad SMARTS) is 1. The molecule has 3 aliphatic rings. The van der Waals surface area contributed by atoms with E-state index in [1.54, 1.807) is 0 Å². The topological polar surface area (TPSA) is 91.4 Å². The molecule has 0 radical (unpaired) electrons. The molecule has 4 unspecified atom stereocenters. The summed E-state index contributed by atoms with van der Waals surface area (Å²) in [5.74, 6) is -0.791. The molecule has 5 rings (SSSR count). The molecule has 4 atom stereocenters. The number of amides is 1. The number of epoxide rings is 1. The highest BCUT2D eigenvalue weighted by Crippen LogP contribution is 2.48. The highest BCUT2D eigenvalue weighted by atomic mass is 16.6. The predicted octanol–water partition coefficient (Wildman–Crippen LogP) is 3.92. The summed E-state index contributed by atoms with van der Waals surface area (Å²) < 4.78 is 11.5. The van der Waals surface area contributed by atoms with Crippen molar-refractivity contribution in [3.63, 3.8) is 0 Å². The van der Waals surface area contributed by atoms with Crippen LogP contribution in [0.4, 0.5) is 10.5 Å². The molecule has 0 saturated carbocycles. The maximum atomic E-state index is 12.8. The van der Waals surface area contributed by atoms with Crippen LogP contribution in [-0.4, -0.2) is 59.5 Å². The summed E-state index contributed by atoms with van der Waals surface area (Å²) in [6.45, 7) is 0. The van der Waals surface area contributed by atoms with Crippen LogP contribution in [0.2, 0.25) is 0 Å². The second kappa shape index (κ2) is 8.56. The first-order valence-electron chi connectivity index (χ1n) is 11.2. The molecule has 3 heterocycles. The SMILES string of the molecule is CN1C2CC(OC(=O)Nc3ccc(CCCC(=O)O)cc3-c3ccccc3)CC1C1OC12. The second-order valence-electron chi connectivity index (χ2n) is 8.98. The molecule has 0 spiro atoms. The molecular formula is C25H28N2O5. The summed E-state index contributed by atoms with van der Waals surface area (Å²) >= 11 is 0. The molecular weight excluding hydrogens is 408 g/mol. The highest BCUT2D eigenvalue weighted by Gasteiger charge is 2.62. The number of ether oxygens (including phenoxy) is 2. The van der Waals surface area contributed by atoms with E-state index in [-0.39, 0.29) is 12.5 Å². The van der Waals surface area contributed by atoms with Crippen LogP contribution in [0.3, 0.4) is 0 Å². The van der Waals surface area contributed by atoms with Gasteiger partial charge in [0.15, 0.2) is 0 Å². The van der Waals surface area contributed by atoms with Gasteiger partial charge >= 0.3 is 12.1 Å². The fourth-order valence-electron chi connectivity index (χ4n) is 5.24. The van der Waals surface area contributed by atoms with Gasteiger partial charge in [0.2, 0.25) is 0 Å². The molecule has 0 aliphatic carbocycles. The van der Waals surface area contributed by atoms with Crippen LogP contribution in [0.1, 0.15) is 31.2 Å². The predicted molar refractivity (Wildman–Crippen MR) is 120 cm³/mol. The van der Waals surface area contributed by atoms with E-state index in [0.29, 0.717) is 42.8 Å². The Bertz CT molecular complexity index is 993. The summed E-state index contributed by atoms with van der Waals surface area (Å²) in [5.41, 5.74) is 3.60. The van der Waals surface area contributed by atoms with Crippen molar-refractivity contribution in [2.45, 2.75) is 62.5 Å². The Morgan fingerprint density at radius 2 is 1.84 bits per heavy atom. The van der Waals surface area contributed by atoms with Crippen LogP contribution in [-0.2, 0) is 20.7 Å². The van der Waals surface area contributed by atoms with Crippen molar-refractivity contribution in [1.29, 1.82) is 0 Å². The average Bonchev–Trinajstić information content (AvgIpc) is 3.53. The number of hydrogen-bond donors (Lipinski definition) is 2. The number of benzene rings is 2. The van der Waals surface area contributed by atoms with Gasteiger partial charge in [0.25, 0.3) is 0 Å². The standard InChI is InChI=1S/C25H28N2O5/c1-27-20-13-17(14-21(27)24-23(20)32-24)31-25(30)26-19-11-10-15(6-5-9-22(28)29)12-18(19)16-7-3-2-4-8-16/h2-4,7-8,10-12,17,20-21,23-24H,5-6,9,13-14H2,1H3,(H,26,30)(H,28,29). The minimum atomic E-state index is -0.791. The van der Waals surface area contributed by atoms with Gasteiger partial charge < -0.3 is 14.6 Å². The van der Waals surface area contributed by atoms with Gasteiger partial charge in [-0.05, 0) is 43.1 Å². The van der Waals surface area contributed by atoms with Crippen LogP contribution >= 0.6 is 0 Å². The molecule has 2 N–H and O–H groups in total. The van der Waals surface area contributed by atoms with Gasteiger partial charge in [-0.15, -0.1) is 0 Å². The molecule has 3 saturated heterocycles. The number of fused-ring (bicyclic) bond motifs is 5. The first kappa shape index (κ1) is 21.0. The Morgan fingerprint density at radius 3 is 2.53 bits per heavy atom. The fourth-order valence-corrected chi connectivity index (χ4v) is 5.24. The zero-order valence-corrected chi connectivity index (χ0v) is 18.1. The third-order valence-corrected chi connectivity index (χ3v) is 6.91. The number of carbonyl (C=O) groups is 2. The van der Waals surface area contributed by atoms with Crippen molar-refractivity contribution in [3.05, 3.63) is 54.1 Å². The zero-order valence-electron chi connectivity index (χ0n) is 18.1. The molecule has 32 heavy (non-hydrogen) atoms. The highest BCUT2D eigenvalue weighted by molar-refractivity contribution is 5.91. The van der Waals surface area contributed by atoms with Crippen molar-refractivity contribution in [2.24, 2.45) is 0 Å². The quantitative estimate of drug-likeness (QED) is 0.640. The number of rotatable bonds is 7. The van der Waals surface area contributed by atoms with Crippen molar-refractivity contribution >= 4 is 17.7 Å². The normalized spacial score (nSPS) is 28.1. The number of carboxylic acids is 1. The lowest BCUT2D eigenvalue weighted by molar-refractivity contribution is -0.137. The monoisotopic (exact) mass is 436 g/mol. The second-order valence-corrected chi connectivity index (χ2v) is 8.98. The van der Waals surface area contributed by atoms with Crippen LogP contribution in [0.5, 0.6) is 0 Å². The number of anilines is 1. The van der Waals surface area contributed by atoms with Crippen molar-refractivity contribution in [3.8, 4) is 11.1 Å². The number of nitrogens with one attached hydrogen (secondary N) is 1.